The van der Waals surface area contributed by atoms with Crippen LogP contribution in [0.1, 0.15) is 31.2 Å². The second kappa shape index (κ2) is 5.32. The predicted molar refractivity (Wildman–Crippen MR) is 78.0 cm³/mol. The van der Waals surface area contributed by atoms with E-state index in [0.717, 1.165) is 16.9 Å². The highest BCUT2D eigenvalue weighted by atomic mass is 16.1. The quantitative estimate of drug-likeness (QED) is 0.739. The number of carbonyl (C=O) groups excluding carboxylic acids is 1. The summed E-state index contributed by atoms with van der Waals surface area (Å²) in [5.41, 5.74) is 7.36. The molecule has 2 heterocycles. The number of nitrogens with one attached hydrogen (secondary N) is 2. The molecule has 0 spiro atoms. The van der Waals surface area contributed by atoms with Gasteiger partial charge in [0.1, 0.15) is 11.3 Å². The zero-order chi connectivity index (χ0) is 13.9. The second-order valence-corrected chi connectivity index (χ2v) is 5.06. The lowest BCUT2D eigenvalue weighted by Gasteiger charge is -2.11. The number of H-pyrrole nitrogens is 1. The molecule has 104 valence electrons. The van der Waals surface area contributed by atoms with E-state index in [1.54, 1.807) is 18.5 Å². The molecule has 0 aliphatic heterocycles. The molecule has 1 aliphatic carbocycles. The average molecular weight is 271 g/mol. The van der Waals surface area contributed by atoms with Crippen molar-refractivity contribution in [3.8, 4) is 0 Å². The van der Waals surface area contributed by atoms with Crippen LogP contribution in [-0.2, 0) is 4.79 Å². The number of anilines is 1. The van der Waals surface area contributed by atoms with E-state index in [4.69, 9.17) is 5.73 Å². The largest absolute Gasteiger partial charge is 0.366 e. The van der Waals surface area contributed by atoms with Crippen molar-refractivity contribution in [1.82, 2.24) is 15.0 Å². The lowest BCUT2D eigenvalue weighted by Crippen LogP contribution is -2.15. The Morgan fingerprint density at radius 1 is 1.45 bits per heavy atom. The maximum absolute atomic E-state index is 10.8. The molecule has 0 saturated heterocycles. The first-order valence-electron chi connectivity index (χ1n) is 6.80. The molecule has 1 saturated carbocycles. The summed E-state index contributed by atoms with van der Waals surface area (Å²) in [6, 6.07) is 0.491. The van der Waals surface area contributed by atoms with Gasteiger partial charge in [0.2, 0.25) is 5.91 Å². The number of fused-ring (bicyclic) bond motifs is 1. The number of rotatable bonds is 4. The minimum absolute atomic E-state index is 0.479. The third-order valence-electron chi connectivity index (χ3n) is 3.54. The maximum Gasteiger partial charge on any atom is 0.241 e. The predicted octanol–water partition coefficient (Wildman–Crippen LogP) is 1.81. The van der Waals surface area contributed by atoms with E-state index in [1.165, 1.54) is 31.8 Å². The van der Waals surface area contributed by atoms with Gasteiger partial charge in [-0.05, 0) is 18.9 Å². The van der Waals surface area contributed by atoms with Gasteiger partial charge in [-0.2, -0.15) is 0 Å². The van der Waals surface area contributed by atoms with Crippen LogP contribution in [0.15, 0.2) is 18.5 Å². The van der Waals surface area contributed by atoms with Gasteiger partial charge >= 0.3 is 0 Å². The van der Waals surface area contributed by atoms with Crippen LogP contribution in [0, 0.1) is 0 Å². The van der Waals surface area contributed by atoms with E-state index in [-0.39, 0.29) is 0 Å². The van der Waals surface area contributed by atoms with Crippen LogP contribution in [0.2, 0.25) is 0 Å². The first kappa shape index (κ1) is 12.7. The fraction of sp³-hybridized carbons (Fsp3) is 0.357. The Kier molecular flexibility index (Phi) is 3.37. The summed E-state index contributed by atoms with van der Waals surface area (Å²) in [5, 5.41) is 3.41. The van der Waals surface area contributed by atoms with Crippen LogP contribution >= 0.6 is 0 Å². The molecule has 1 aliphatic rings. The molecule has 20 heavy (non-hydrogen) atoms. The fourth-order valence-electron chi connectivity index (χ4n) is 2.56. The van der Waals surface area contributed by atoms with Crippen LogP contribution in [0.3, 0.4) is 0 Å². The SMILES string of the molecule is NC(=O)/C=C/c1c[nH]c2ncc(NC3CCCC3)nc12. The number of hydrogen-bond acceptors (Lipinski definition) is 4. The minimum Gasteiger partial charge on any atom is -0.366 e. The van der Waals surface area contributed by atoms with E-state index < -0.39 is 5.91 Å². The number of hydrogen-bond donors (Lipinski definition) is 3. The lowest BCUT2D eigenvalue weighted by atomic mass is 10.2. The van der Waals surface area contributed by atoms with Gasteiger partial charge in [-0.15, -0.1) is 0 Å². The molecule has 3 rings (SSSR count). The highest BCUT2D eigenvalue weighted by molar-refractivity contribution is 5.93. The summed E-state index contributed by atoms with van der Waals surface area (Å²) >= 11 is 0. The lowest BCUT2D eigenvalue weighted by molar-refractivity contribution is -0.113. The number of amides is 1. The molecule has 0 aromatic carbocycles. The molecular formula is C14H17N5O. The maximum atomic E-state index is 10.8. The second-order valence-electron chi connectivity index (χ2n) is 5.06. The van der Waals surface area contributed by atoms with Gasteiger partial charge in [0, 0.05) is 23.9 Å². The number of aromatic nitrogens is 3. The Balaban J connectivity index is 1.88. The minimum atomic E-state index is -0.479. The monoisotopic (exact) mass is 271 g/mol. The zero-order valence-corrected chi connectivity index (χ0v) is 11.1. The van der Waals surface area contributed by atoms with Crippen molar-refractivity contribution in [2.45, 2.75) is 31.7 Å². The van der Waals surface area contributed by atoms with E-state index in [2.05, 4.69) is 20.3 Å². The average Bonchev–Trinajstić information content (AvgIpc) is 3.05. The van der Waals surface area contributed by atoms with Gasteiger partial charge in [-0.25, -0.2) is 9.97 Å². The summed E-state index contributed by atoms with van der Waals surface area (Å²) in [6.45, 7) is 0. The van der Waals surface area contributed by atoms with Gasteiger partial charge in [0.15, 0.2) is 5.65 Å². The van der Waals surface area contributed by atoms with Crippen molar-refractivity contribution in [2.24, 2.45) is 5.73 Å². The van der Waals surface area contributed by atoms with Crippen molar-refractivity contribution in [2.75, 3.05) is 5.32 Å². The van der Waals surface area contributed by atoms with Gasteiger partial charge in [0.25, 0.3) is 0 Å². The van der Waals surface area contributed by atoms with Gasteiger partial charge in [-0.1, -0.05) is 12.8 Å². The topological polar surface area (TPSA) is 96.7 Å². The van der Waals surface area contributed by atoms with E-state index in [9.17, 15) is 4.79 Å². The first-order chi connectivity index (χ1) is 9.72. The third kappa shape index (κ3) is 2.64. The van der Waals surface area contributed by atoms with E-state index in [1.807, 2.05) is 0 Å². The number of primary amides is 1. The Hall–Kier alpha value is -2.37. The molecule has 6 heteroatoms. The standard InChI is InChI=1S/C14H17N5O/c15-11(20)6-5-9-7-16-14-13(9)19-12(8-17-14)18-10-3-1-2-4-10/h5-8,10H,1-4H2,(H2,15,20)(H,16,17)(H,18,19)/b6-5+. The van der Waals surface area contributed by atoms with Gasteiger partial charge in [0.05, 0.1) is 6.20 Å². The van der Waals surface area contributed by atoms with Gasteiger partial charge < -0.3 is 16.0 Å². The molecule has 2 aromatic heterocycles. The van der Waals surface area contributed by atoms with Crippen molar-refractivity contribution < 1.29 is 4.79 Å². The van der Waals surface area contributed by atoms with Crippen LogP contribution in [0.5, 0.6) is 0 Å². The molecule has 6 nitrogen and oxygen atoms in total. The highest BCUT2D eigenvalue weighted by Crippen LogP contribution is 2.23. The molecule has 1 fully saturated rings. The van der Waals surface area contributed by atoms with Crippen molar-refractivity contribution in [1.29, 1.82) is 0 Å². The van der Waals surface area contributed by atoms with Gasteiger partial charge in [-0.3, -0.25) is 4.79 Å². The number of nitrogens with two attached hydrogens (primary N) is 1. The molecule has 0 unspecified atom stereocenters. The summed E-state index contributed by atoms with van der Waals surface area (Å²) in [4.78, 5) is 22.7. The molecule has 1 amide bonds. The Morgan fingerprint density at radius 2 is 2.25 bits per heavy atom. The smallest absolute Gasteiger partial charge is 0.241 e. The normalized spacial score (nSPS) is 16.2. The highest BCUT2D eigenvalue weighted by Gasteiger charge is 2.15. The Bertz CT molecular complexity index is 655. The van der Waals surface area contributed by atoms with Crippen LogP contribution in [-0.4, -0.2) is 26.9 Å². The molecule has 0 radical (unpaired) electrons. The van der Waals surface area contributed by atoms with E-state index >= 15 is 0 Å². The van der Waals surface area contributed by atoms with Crippen LogP contribution in [0.25, 0.3) is 17.2 Å². The Morgan fingerprint density at radius 3 is 3.00 bits per heavy atom. The summed E-state index contributed by atoms with van der Waals surface area (Å²) < 4.78 is 0. The van der Waals surface area contributed by atoms with Crippen molar-refractivity contribution in [3.63, 3.8) is 0 Å². The third-order valence-corrected chi connectivity index (χ3v) is 3.54. The van der Waals surface area contributed by atoms with Crippen molar-refractivity contribution in [3.05, 3.63) is 24.0 Å². The summed E-state index contributed by atoms with van der Waals surface area (Å²) in [6.07, 6.45) is 11.4. The van der Waals surface area contributed by atoms with Crippen molar-refractivity contribution >= 4 is 29.0 Å². The molecular weight excluding hydrogens is 254 g/mol. The molecule has 2 aromatic rings. The summed E-state index contributed by atoms with van der Waals surface area (Å²) in [7, 11) is 0. The number of nitrogens with zero attached hydrogens (tertiary/aromatic N) is 2. The molecule has 0 atom stereocenters. The van der Waals surface area contributed by atoms with E-state index in [0.29, 0.717) is 11.7 Å². The number of carbonyl (C=O) groups is 1. The molecule has 4 N–H and O–H groups in total. The number of aromatic amines is 1. The van der Waals surface area contributed by atoms with Crippen LogP contribution in [0.4, 0.5) is 5.82 Å². The first-order valence-corrected chi connectivity index (χ1v) is 6.80. The molecule has 0 bridgehead atoms. The Labute approximate surface area is 116 Å². The zero-order valence-electron chi connectivity index (χ0n) is 11.1. The fourth-order valence-corrected chi connectivity index (χ4v) is 2.56. The van der Waals surface area contributed by atoms with Crippen LogP contribution < -0.4 is 11.1 Å². The summed E-state index contributed by atoms with van der Waals surface area (Å²) in [5.74, 6) is 0.297.